The first-order valence-corrected chi connectivity index (χ1v) is 338. The molecule has 290 valence electrons. The molecular weight excluding hydrogens is 2190 g/mol. The second kappa shape index (κ2) is 175. The van der Waals surface area contributed by atoms with Gasteiger partial charge in [0.1, 0.15) is 11.5 Å². The summed E-state index contributed by atoms with van der Waals surface area (Å²) in [6.45, 7) is 0. The van der Waals surface area contributed by atoms with E-state index >= 15 is 0 Å². The molecule has 0 saturated carbocycles. The van der Waals surface area contributed by atoms with Crippen LogP contribution < -0.4 is 11.1 Å². The van der Waals surface area contributed by atoms with E-state index in [0.29, 0.717) is 28.1 Å². The fraction of sp³-hybridized carbons (Fsp3) is 0.121. The first-order valence-electron chi connectivity index (χ1n) is 32.7. The van der Waals surface area contributed by atoms with Crippen LogP contribution in [0.4, 0.5) is 38.0 Å². The predicted molar refractivity (Wildman–Crippen MR) is 392 cm³/mol. The van der Waals surface area contributed by atoms with Gasteiger partial charge in [-0.1, -0.05) is 40.2 Å². The molecule has 0 aliphatic rings. The van der Waals surface area contributed by atoms with Crippen molar-refractivity contribution in [2.24, 2.45) is 5.73 Å². The van der Waals surface area contributed by atoms with Crippen molar-refractivity contribution in [1.29, 1.82) is 5.41 Å². The van der Waals surface area contributed by atoms with Gasteiger partial charge >= 0.3 is 1210 Å². The van der Waals surface area contributed by atoms with E-state index in [9.17, 15) is 36.2 Å². The van der Waals surface area contributed by atoms with Gasteiger partial charge < -0.3 is 26.2 Å². The first kappa shape index (κ1) is 182. The molecule has 0 aliphatic heterocycles. The van der Waals surface area contributed by atoms with Crippen LogP contribution in [-0.4, -0.2) is 1240 Å². The fourth-order valence-corrected chi connectivity index (χ4v) is 4.21. The summed E-state index contributed by atoms with van der Waals surface area (Å²) in [6, 6.07) is 22.4. The first-order chi connectivity index (χ1) is 41.5. The number of alkyl halides is 7. The number of aromatic nitrogens is 2. The number of ketones is 1. The Morgan fingerprint density at radius 2 is 0.791 bits per heavy atom. The van der Waals surface area contributed by atoms with Crippen molar-refractivity contribution >= 4 is 1240 Å². The minimum absolute atomic E-state index is 0.0185. The van der Waals surface area contributed by atoms with Gasteiger partial charge in [0.15, 0.2) is 5.78 Å². The number of nitrogens with two attached hydrogens (primary N) is 1. The number of aromatic amines is 1. The van der Waals surface area contributed by atoms with Gasteiger partial charge in [-0.3, -0.25) is 10.2 Å². The van der Waals surface area contributed by atoms with Crippen LogP contribution in [0.5, 0.6) is 11.5 Å². The van der Waals surface area contributed by atoms with Crippen molar-refractivity contribution in [3.8, 4) is 22.8 Å². The number of imidazole rings is 1. The van der Waals surface area contributed by atoms with Crippen LogP contribution in [-0.2, 0) is 18.8 Å². The number of carbonyl (C=O) groups excluding carboxylic acids is 1. The number of amidine groups is 1. The summed E-state index contributed by atoms with van der Waals surface area (Å²) in [7, 11) is 0. The number of halogens is 7. The van der Waals surface area contributed by atoms with Gasteiger partial charge in [0.2, 0.25) is 5.95 Å². The van der Waals surface area contributed by atoms with Crippen molar-refractivity contribution in [2.75, 3.05) is 10.6 Å². The van der Waals surface area contributed by atoms with Crippen molar-refractivity contribution < 1.29 is 41.4 Å². The number of phenols is 2. The Labute approximate surface area is 1380 Å². The fourth-order valence-electron chi connectivity index (χ4n) is 3.88. The average molecular weight is 2220 g/mol. The zero-order valence-corrected chi connectivity index (χ0v) is 183. The number of rotatable bonds is 7. The Bertz CT molecular complexity index is 1890. The van der Waals surface area contributed by atoms with Crippen LogP contribution in [0.25, 0.3) is 11.3 Å². The van der Waals surface area contributed by atoms with Crippen molar-refractivity contribution in [1.82, 2.24) is 9.97 Å². The normalized spacial score (nSPS) is 7.90. The summed E-state index contributed by atoms with van der Waals surface area (Å²) >= 11 is 50.6. The van der Waals surface area contributed by atoms with Crippen molar-refractivity contribution in [3.63, 3.8) is 0 Å². The van der Waals surface area contributed by atoms with E-state index in [1.54, 1.807) is 30.5 Å². The van der Waals surface area contributed by atoms with Gasteiger partial charge in [-0.25, -0.2) is 4.98 Å². The number of aromatic hydroxyl groups is 2. The van der Waals surface area contributed by atoms with Crippen LogP contribution >= 0.6 is 15.9 Å². The number of carbonyl (C=O) groups is 1. The maximum absolute atomic E-state index is 12.7. The molecule has 0 spiro atoms. The Morgan fingerprint density at radius 1 is 0.488 bits per heavy atom. The van der Waals surface area contributed by atoms with E-state index in [1.165, 1.54) is 1250 Å². The Kier molecular flexibility index (Phi) is 369. The molecule has 0 radical (unpaired) electrons. The van der Waals surface area contributed by atoms with Gasteiger partial charge in [-0.2, -0.15) is 26.3 Å². The van der Waals surface area contributed by atoms with E-state index in [-0.39, 0.29) is 35.2 Å². The van der Waals surface area contributed by atoms with Crippen LogP contribution in [0.2, 0.25) is 0 Å². The quantitative estimate of drug-likeness (QED) is 0.0240. The second-order valence-electron chi connectivity index (χ2n) is 9.90. The van der Waals surface area contributed by atoms with Gasteiger partial charge in [-0.05, 0) is 83.9 Å². The molecule has 7 N–H and O–H groups in total. The Balaban J connectivity index is -0.0000000443. The summed E-state index contributed by atoms with van der Waals surface area (Å²) < 4.78 is 74.7. The Hall–Kier alpha value is 56.9. The average Bonchev–Trinajstić information content (AvgIpc) is 4.08. The molecule has 0 unspecified atom stereocenters. The van der Waals surface area contributed by atoms with E-state index in [1.807, 2.05) is 0 Å². The van der Waals surface area contributed by atoms with Crippen LogP contribution in [0.1, 0.15) is 27.0 Å². The molecule has 86 heavy (non-hydrogen) atoms. The topological polar surface area (TPSA) is 148 Å². The zero-order chi connectivity index (χ0) is 73.5. The molecule has 5 aromatic rings. The number of nitrogens with one attached hydrogen (secondary N) is 3. The molecule has 53 heteroatoms. The molecule has 1 heterocycles. The molecule has 4 aromatic carbocycles. The number of Topliss-reactive ketones (excluding diaryl/α,β-unsaturated/α-hetero) is 1. The third-order valence-corrected chi connectivity index (χ3v) is 6.68. The SMILES string of the molecule is N=C(N)Cc1cccc(C(F)(F)F)c1.O=C(CBr)c1ccc(O)cc1.Oc1ccc(-c2cnc(Nc3cccc(C(F)(F)F)c3)[nH]2)cc1.[K][K].[K][K].[K][K].[K][K].[K][K].[K][K].[K][K].[K][K].[K][K].[K][K].[K][K].[K][K].[K][K].[K][K].[K][K].[K][K].[K][K].[K][K].[K][K]. The molecule has 0 aliphatic carbocycles. The summed E-state index contributed by atoms with van der Waals surface area (Å²) in [6.07, 6.45) is -7.13. The number of benzene rings is 4. The number of H-pyrrole nitrogens is 1. The van der Waals surface area contributed by atoms with E-state index in [4.69, 9.17) is 16.2 Å². The van der Waals surface area contributed by atoms with Crippen molar-refractivity contribution in [2.45, 2.75) is 18.8 Å². The molecule has 0 atom stereocenters. The molecule has 8 nitrogen and oxygen atoms in total. The third kappa shape index (κ3) is 149. The molecular formula is C33H28BrF6K38N5O3. The number of hydrogen-bond donors (Lipinski definition) is 6. The summed E-state index contributed by atoms with van der Waals surface area (Å²) in [5, 5.41) is 28.2. The van der Waals surface area contributed by atoms with Gasteiger partial charge in [0.25, 0.3) is 0 Å². The van der Waals surface area contributed by atoms with Crippen LogP contribution in [0.3, 0.4) is 0 Å². The van der Waals surface area contributed by atoms with Crippen LogP contribution in [0, 0.1) is 5.41 Å². The third-order valence-electron chi connectivity index (χ3n) is 6.17. The molecule has 0 saturated heterocycles. The molecule has 0 amide bonds. The molecule has 1 aromatic heterocycles. The van der Waals surface area contributed by atoms with Gasteiger partial charge in [-0.15, -0.1) is 0 Å². The summed E-state index contributed by atoms with van der Waals surface area (Å²) in [5.74, 6) is 0.522. The standard InChI is InChI=1S/C16H12F3N3O.C9H9F3N2.C8H7BrO2.38K/c17-16(18,19)11-2-1-3-12(8-11)21-15-20-9-14(22-15)10-4-6-13(23)7-5-10;10-9(11,12)7-3-1-2-6(4-7)5-8(13)14;9-5-8(11)6-1-3-7(10)4-2-6;;;;;;;;;;;;;;;;;;;;;;;;;;;;;;;;;;;;;;/h1-9,23H,(H2,20,21,22);1-4H,5H2,(H3,13,14);1-4,10H,5H2;;;;;;;;;;;;;;;;;;;;;;;;;;;;;;;;;;;;;;. The maximum atomic E-state index is 12.7. The molecule has 0 fully saturated rings. The number of nitrogens with zero attached hydrogens (tertiary/aromatic N) is 1. The molecule has 5 rings (SSSR count). The molecule has 0 bridgehead atoms. The summed E-state index contributed by atoms with van der Waals surface area (Å²) in [5.41, 5.74) is 6.41. The van der Waals surface area contributed by atoms with Crippen molar-refractivity contribution in [3.05, 3.63) is 126 Å². The van der Waals surface area contributed by atoms with E-state index in [0.717, 1.165) is 29.8 Å². The second-order valence-corrected chi connectivity index (χ2v) is 10.5. The zero-order valence-electron chi connectivity index (χ0n) is 62.7. The number of hydrogen-bond acceptors (Lipinski definition) is 6. The number of phenolic OH excluding ortho intramolecular Hbond substituents is 2. The van der Waals surface area contributed by atoms with Crippen LogP contribution in [0.15, 0.2) is 103 Å². The van der Waals surface area contributed by atoms with Gasteiger partial charge in [0.05, 0.1) is 34.2 Å². The van der Waals surface area contributed by atoms with Gasteiger partial charge in [0, 0.05) is 17.7 Å². The Morgan fingerprint density at radius 3 is 1.09 bits per heavy atom. The summed E-state index contributed by atoms with van der Waals surface area (Å²) in [4.78, 5) is 18.1. The van der Waals surface area contributed by atoms with E-state index in [2.05, 4.69) is 31.2 Å². The number of anilines is 2. The monoisotopic (exact) mass is 2220 g/mol. The van der Waals surface area contributed by atoms with E-state index < -0.39 is 23.5 Å². The minimum atomic E-state index is -4.39. The predicted octanol–water partition coefficient (Wildman–Crippen LogP) is -5.77.